The third kappa shape index (κ3) is 7.92. The summed E-state index contributed by atoms with van der Waals surface area (Å²) in [5, 5.41) is 7.87. The largest absolute Gasteiger partial charge is 0.493 e. The van der Waals surface area contributed by atoms with Crippen LogP contribution in [0.4, 0.5) is 0 Å². The molecule has 0 saturated carbocycles. The standard InChI is InChI=1S/C21H33N5O2S.HI/c1-7-22-21(23-11-10-20-24-13-15(2)29-20)25-14-17(26(3)4)16-8-9-18(27-5)19(12-16)28-6;/h8-9,12-13,17H,7,10-11,14H2,1-6H3,(H2,22,23,25);1H. The normalized spacial score (nSPS) is 12.3. The molecule has 7 nitrogen and oxygen atoms in total. The van der Waals surface area contributed by atoms with Gasteiger partial charge in [0.2, 0.25) is 0 Å². The average molecular weight is 548 g/mol. The Labute approximate surface area is 201 Å². The number of likely N-dealkylation sites (N-methyl/N-ethyl adjacent to an activating group) is 1. The van der Waals surface area contributed by atoms with Gasteiger partial charge in [-0.05, 0) is 45.6 Å². The molecular formula is C21H34IN5O2S. The second-order valence-corrected chi connectivity index (χ2v) is 8.17. The van der Waals surface area contributed by atoms with Gasteiger partial charge in [0.1, 0.15) is 0 Å². The van der Waals surface area contributed by atoms with Crippen molar-refractivity contribution in [3.63, 3.8) is 0 Å². The first-order chi connectivity index (χ1) is 14.0. The number of hydrogen-bond acceptors (Lipinski definition) is 6. The van der Waals surface area contributed by atoms with Gasteiger partial charge in [0.05, 0.1) is 31.8 Å². The van der Waals surface area contributed by atoms with Crippen LogP contribution in [0.2, 0.25) is 0 Å². The van der Waals surface area contributed by atoms with Gasteiger partial charge in [-0.25, -0.2) is 4.98 Å². The summed E-state index contributed by atoms with van der Waals surface area (Å²) in [4.78, 5) is 12.6. The minimum atomic E-state index is 0. The molecule has 168 valence electrons. The molecule has 2 rings (SSSR count). The van der Waals surface area contributed by atoms with Crippen molar-refractivity contribution in [3.8, 4) is 11.5 Å². The molecule has 0 aliphatic rings. The van der Waals surface area contributed by atoms with E-state index in [-0.39, 0.29) is 30.0 Å². The number of benzene rings is 1. The van der Waals surface area contributed by atoms with E-state index >= 15 is 0 Å². The lowest BCUT2D eigenvalue weighted by molar-refractivity contribution is 0.303. The molecule has 1 aromatic heterocycles. The first-order valence-corrected chi connectivity index (χ1v) is 10.6. The molecule has 0 aliphatic carbocycles. The van der Waals surface area contributed by atoms with Crippen LogP contribution in [-0.4, -0.2) is 63.8 Å². The van der Waals surface area contributed by atoms with Crippen molar-refractivity contribution in [3.05, 3.63) is 39.8 Å². The molecule has 0 amide bonds. The fraction of sp³-hybridized carbons (Fsp3) is 0.524. The molecule has 0 bridgehead atoms. The van der Waals surface area contributed by atoms with Crippen molar-refractivity contribution in [2.45, 2.75) is 26.3 Å². The second-order valence-electron chi connectivity index (χ2n) is 6.85. The zero-order valence-electron chi connectivity index (χ0n) is 18.7. The van der Waals surface area contributed by atoms with Crippen molar-refractivity contribution in [2.75, 3.05) is 47.9 Å². The monoisotopic (exact) mass is 547 g/mol. The van der Waals surface area contributed by atoms with Gasteiger partial charge in [-0.2, -0.15) is 0 Å². The minimum absolute atomic E-state index is 0. The van der Waals surface area contributed by atoms with Gasteiger partial charge in [-0.1, -0.05) is 6.07 Å². The zero-order valence-corrected chi connectivity index (χ0v) is 21.8. The van der Waals surface area contributed by atoms with Crippen LogP contribution in [0, 0.1) is 6.92 Å². The number of aryl methyl sites for hydroxylation is 1. The number of aliphatic imine (C=N–C) groups is 1. The van der Waals surface area contributed by atoms with Gasteiger partial charge < -0.3 is 25.0 Å². The van der Waals surface area contributed by atoms with Crippen molar-refractivity contribution in [2.24, 2.45) is 4.99 Å². The number of thiazole rings is 1. The van der Waals surface area contributed by atoms with Crippen LogP contribution in [0.15, 0.2) is 29.4 Å². The van der Waals surface area contributed by atoms with Gasteiger partial charge in [0.25, 0.3) is 0 Å². The van der Waals surface area contributed by atoms with Gasteiger partial charge >= 0.3 is 0 Å². The predicted molar refractivity (Wildman–Crippen MR) is 136 cm³/mol. The number of hydrogen-bond donors (Lipinski definition) is 2. The Morgan fingerprint density at radius 2 is 1.93 bits per heavy atom. The molecule has 2 N–H and O–H groups in total. The van der Waals surface area contributed by atoms with E-state index in [0.717, 1.165) is 47.5 Å². The molecule has 1 aromatic carbocycles. The molecule has 30 heavy (non-hydrogen) atoms. The van der Waals surface area contributed by atoms with Gasteiger partial charge in [0, 0.05) is 30.6 Å². The van der Waals surface area contributed by atoms with Crippen LogP contribution in [-0.2, 0) is 6.42 Å². The van der Waals surface area contributed by atoms with Crippen LogP contribution in [0.5, 0.6) is 11.5 Å². The molecule has 0 radical (unpaired) electrons. The van der Waals surface area contributed by atoms with E-state index in [1.54, 1.807) is 25.6 Å². The Morgan fingerprint density at radius 3 is 2.50 bits per heavy atom. The summed E-state index contributed by atoms with van der Waals surface area (Å²) in [6, 6.07) is 6.14. The maximum atomic E-state index is 5.46. The Kier molecular flexibility index (Phi) is 12.0. The molecule has 0 saturated heterocycles. The SMILES string of the molecule is CCNC(=NCC(c1ccc(OC)c(OC)c1)N(C)C)NCCc1ncc(C)s1.I. The molecule has 0 spiro atoms. The fourth-order valence-electron chi connectivity index (χ4n) is 2.95. The Morgan fingerprint density at radius 1 is 1.20 bits per heavy atom. The van der Waals surface area contributed by atoms with Crippen LogP contribution in [0.1, 0.15) is 28.4 Å². The number of rotatable bonds is 10. The van der Waals surface area contributed by atoms with Crippen molar-refractivity contribution < 1.29 is 9.47 Å². The minimum Gasteiger partial charge on any atom is -0.493 e. The van der Waals surface area contributed by atoms with Gasteiger partial charge in [0.15, 0.2) is 17.5 Å². The Hall–Kier alpha value is -1.59. The van der Waals surface area contributed by atoms with Crippen LogP contribution in [0.3, 0.4) is 0 Å². The molecule has 1 unspecified atom stereocenters. The molecule has 1 atom stereocenters. The Bertz CT molecular complexity index is 797. The van der Waals surface area contributed by atoms with E-state index in [9.17, 15) is 0 Å². The maximum absolute atomic E-state index is 5.46. The first kappa shape index (κ1) is 26.4. The highest BCUT2D eigenvalue weighted by Crippen LogP contribution is 2.31. The molecule has 1 heterocycles. The smallest absolute Gasteiger partial charge is 0.191 e. The maximum Gasteiger partial charge on any atom is 0.191 e. The second kappa shape index (κ2) is 13.7. The lowest BCUT2D eigenvalue weighted by Crippen LogP contribution is -2.39. The van der Waals surface area contributed by atoms with Crippen LogP contribution in [0.25, 0.3) is 0 Å². The number of halogens is 1. The zero-order chi connectivity index (χ0) is 21.2. The fourth-order valence-corrected chi connectivity index (χ4v) is 3.74. The topological polar surface area (TPSA) is 71.0 Å². The number of ether oxygens (including phenoxy) is 2. The van der Waals surface area contributed by atoms with E-state index in [0.29, 0.717) is 6.54 Å². The van der Waals surface area contributed by atoms with Crippen molar-refractivity contribution in [1.29, 1.82) is 0 Å². The highest BCUT2D eigenvalue weighted by atomic mass is 127. The molecule has 9 heteroatoms. The highest BCUT2D eigenvalue weighted by Gasteiger charge is 2.17. The summed E-state index contributed by atoms with van der Waals surface area (Å²) in [6.45, 7) is 6.37. The molecular weight excluding hydrogens is 513 g/mol. The number of aromatic nitrogens is 1. The first-order valence-electron chi connectivity index (χ1n) is 9.80. The average Bonchev–Trinajstić information content (AvgIpc) is 3.12. The summed E-state index contributed by atoms with van der Waals surface area (Å²) in [6.07, 6.45) is 2.81. The number of guanidine groups is 1. The predicted octanol–water partition coefficient (Wildman–Crippen LogP) is 3.49. The van der Waals surface area contributed by atoms with Crippen LogP contribution >= 0.6 is 35.3 Å². The lowest BCUT2D eigenvalue weighted by atomic mass is 10.1. The number of methoxy groups -OCH3 is 2. The van der Waals surface area contributed by atoms with Gasteiger partial charge in [-0.3, -0.25) is 4.99 Å². The highest BCUT2D eigenvalue weighted by molar-refractivity contribution is 14.0. The molecule has 0 aliphatic heterocycles. The lowest BCUT2D eigenvalue weighted by Gasteiger charge is -2.24. The molecule has 0 fully saturated rings. The van der Waals surface area contributed by atoms with E-state index < -0.39 is 0 Å². The van der Waals surface area contributed by atoms with Crippen molar-refractivity contribution in [1.82, 2.24) is 20.5 Å². The van der Waals surface area contributed by atoms with E-state index in [1.807, 2.05) is 18.3 Å². The molecule has 2 aromatic rings. The number of nitrogens with zero attached hydrogens (tertiary/aromatic N) is 3. The van der Waals surface area contributed by atoms with Crippen molar-refractivity contribution >= 4 is 41.3 Å². The van der Waals surface area contributed by atoms with E-state index in [1.165, 1.54) is 4.88 Å². The summed E-state index contributed by atoms with van der Waals surface area (Å²) < 4.78 is 10.8. The van der Waals surface area contributed by atoms with E-state index in [2.05, 4.69) is 54.5 Å². The summed E-state index contributed by atoms with van der Waals surface area (Å²) in [5.74, 6) is 2.27. The summed E-state index contributed by atoms with van der Waals surface area (Å²) >= 11 is 1.74. The summed E-state index contributed by atoms with van der Waals surface area (Å²) in [7, 11) is 7.41. The van der Waals surface area contributed by atoms with E-state index in [4.69, 9.17) is 14.5 Å². The van der Waals surface area contributed by atoms with Gasteiger partial charge in [-0.15, -0.1) is 35.3 Å². The summed E-state index contributed by atoms with van der Waals surface area (Å²) in [5.41, 5.74) is 1.13. The third-order valence-corrected chi connectivity index (χ3v) is 5.46. The third-order valence-electron chi connectivity index (χ3n) is 4.48. The quantitative estimate of drug-likeness (QED) is 0.270. The number of nitrogens with one attached hydrogen (secondary N) is 2. The Balaban J connectivity index is 0.00000450. The van der Waals surface area contributed by atoms with Crippen LogP contribution < -0.4 is 20.1 Å².